The topological polar surface area (TPSA) is 109 Å². The molecule has 0 aliphatic heterocycles. The van der Waals surface area contributed by atoms with E-state index in [2.05, 4.69) is 13.8 Å². The summed E-state index contributed by atoms with van der Waals surface area (Å²) in [5.41, 5.74) is 0. The predicted octanol–water partition coefficient (Wildman–Crippen LogP) is 1.83. The molecule has 9 heteroatoms. The first-order chi connectivity index (χ1) is 9.09. The Labute approximate surface area is 150 Å². The third-order valence-electron chi connectivity index (χ3n) is 3.25. The van der Waals surface area contributed by atoms with Crippen LogP contribution in [0, 0.1) is 6.92 Å². The van der Waals surface area contributed by atoms with E-state index in [1.54, 1.807) is 0 Å². The van der Waals surface area contributed by atoms with Crippen molar-refractivity contribution in [3.8, 4) is 0 Å². The molecule has 0 bridgehead atoms. The second-order valence-electron chi connectivity index (χ2n) is 5.07. The molecule has 0 saturated heterocycles. The van der Waals surface area contributed by atoms with Gasteiger partial charge in [-0.3, -0.25) is 9.11 Å². The molecule has 2 unspecified atom stereocenters. The van der Waals surface area contributed by atoms with Crippen molar-refractivity contribution in [1.82, 2.24) is 0 Å². The fourth-order valence-corrected chi connectivity index (χ4v) is 3.49. The summed E-state index contributed by atoms with van der Waals surface area (Å²) >= 11 is 0. The van der Waals surface area contributed by atoms with E-state index < -0.39 is 37.2 Å². The van der Waals surface area contributed by atoms with Crippen LogP contribution in [-0.4, -0.2) is 66.0 Å². The van der Waals surface area contributed by atoms with Crippen molar-refractivity contribution in [3.63, 3.8) is 0 Å². The van der Waals surface area contributed by atoms with E-state index in [-0.39, 0.29) is 36.0 Å². The molecule has 0 heterocycles. The van der Waals surface area contributed by atoms with Gasteiger partial charge in [0.25, 0.3) is 20.2 Å². The standard InChI is InChI=1S/C12H25O6S2.Na.H/c1-3-4-5-6-7-8-9-12(20(16,17)18)10-11(2)19(13,14)15;;/h11-12H,2-10H2,1H3,(H,13,14,15)(H,16,17,18);;. The van der Waals surface area contributed by atoms with E-state index in [0.717, 1.165) is 32.1 Å². The first kappa shape index (κ1) is 24.1. The van der Waals surface area contributed by atoms with Crippen LogP contribution in [0.1, 0.15) is 58.3 Å². The van der Waals surface area contributed by atoms with Crippen molar-refractivity contribution < 1.29 is 25.9 Å². The molecule has 2 atom stereocenters. The molecule has 0 aromatic heterocycles. The van der Waals surface area contributed by atoms with Gasteiger partial charge in [0.1, 0.15) is 0 Å². The first-order valence-corrected chi connectivity index (χ1v) is 9.85. The Morgan fingerprint density at radius 2 is 1.38 bits per heavy atom. The van der Waals surface area contributed by atoms with Crippen LogP contribution >= 0.6 is 0 Å². The van der Waals surface area contributed by atoms with Crippen molar-refractivity contribution >= 4 is 49.8 Å². The number of rotatable bonds is 11. The SMILES string of the molecule is [CH2]C(CC(CCCCCCCC)S(=O)(=O)O)S(=O)(=O)O.[NaH]. The van der Waals surface area contributed by atoms with Crippen LogP contribution in [0.4, 0.5) is 0 Å². The maximum atomic E-state index is 11.2. The average molecular weight is 353 g/mol. The van der Waals surface area contributed by atoms with Gasteiger partial charge < -0.3 is 0 Å². The Bertz CT molecular complexity index is 460. The van der Waals surface area contributed by atoms with Crippen molar-refractivity contribution in [3.05, 3.63) is 6.92 Å². The Balaban J connectivity index is 0. The molecule has 0 aliphatic carbocycles. The summed E-state index contributed by atoms with van der Waals surface area (Å²) in [6.07, 6.45) is 5.51. The second-order valence-corrected chi connectivity index (χ2v) is 8.46. The van der Waals surface area contributed by atoms with Gasteiger partial charge >= 0.3 is 29.6 Å². The van der Waals surface area contributed by atoms with Crippen molar-refractivity contribution in [2.45, 2.75) is 68.8 Å². The fraction of sp³-hybridized carbons (Fsp3) is 0.917. The van der Waals surface area contributed by atoms with Crippen LogP contribution in [0.3, 0.4) is 0 Å². The normalized spacial score (nSPS) is 15.2. The molecule has 123 valence electrons. The van der Waals surface area contributed by atoms with Gasteiger partial charge in [-0.1, -0.05) is 45.4 Å². The Kier molecular flexibility index (Phi) is 13.0. The Morgan fingerprint density at radius 1 is 0.905 bits per heavy atom. The summed E-state index contributed by atoms with van der Waals surface area (Å²) < 4.78 is 62.0. The zero-order chi connectivity index (χ0) is 15.8. The Hall–Kier alpha value is 0.820. The molecular weight excluding hydrogens is 327 g/mol. The van der Waals surface area contributed by atoms with Crippen LogP contribution in [0.15, 0.2) is 0 Å². The molecule has 0 aromatic rings. The van der Waals surface area contributed by atoms with E-state index >= 15 is 0 Å². The minimum atomic E-state index is -4.39. The zero-order valence-corrected chi connectivity index (χ0v) is 13.5. The summed E-state index contributed by atoms with van der Waals surface area (Å²) in [5, 5.41) is -2.65. The van der Waals surface area contributed by atoms with Gasteiger partial charge in [-0.05, 0) is 19.8 Å². The molecule has 0 saturated carbocycles. The van der Waals surface area contributed by atoms with E-state index in [9.17, 15) is 16.8 Å². The molecule has 2 N–H and O–H groups in total. The maximum absolute atomic E-state index is 11.2. The van der Waals surface area contributed by atoms with Gasteiger partial charge in [-0.15, -0.1) is 0 Å². The van der Waals surface area contributed by atoms with Gasteiger partial charge in [0.05, 0.1) is 10.5 Å². The molecule has 21 heavy (non-hydrogen) atoms. The summed E-state index contributed by atoms with van der Waals surface area (Å²) in [7, 11) is -8.72. The van der Waals surface area contributed by atoms with E-state index in [4.69, 9.17) is 9.11 Å². The average Bonchev–Trinajstić information content (AvgIpc) is 2.29. The third-order valence-corrected chi connectivity index (χ3v) is 5.55. The van der Waals surface area contributed by atoms with Crippen LogP contribution in [-0.2, 0) is 20.2 Å². The quantitative estimate of drug-likeness (QED) is 0.333. The van der Waals surface area contributed by atoms with Gasteiger partial charge in [0.15, 0.2) is 0 Å². The van der Waals surface area contributed by atoms with E-state index in [1.165, 1.54) is 0 Å². The molecule has 0 rings (SSSR count). The van der Waals surface area contributed by atoms with Gasteiger partial charge in [-0.2, -0.15) is 16.8 Å². The van der Waals surface area contributed by atoms with Crippen molar-refractivity contribution in [2.24, 2.45) is 0 Å². The minimum absolute atomic E-state index is 0. The van der Waals surface area contributed by atoms with Crippen LogP contribution in [0.25, 0.3) is 0 Å². The molecule has 0 amide bonds. The Morgan fingerprint density at radius 3 is 1.81 bits per heavy atom. The van der Waals surface area contributed by atoms with Crippen LogP contribution in [0.2, 0.25) is 0 Å². The molecule has 0 spiro atoms. The molecule has 0 aromatic carbocycles. The summed E-state index contributed by atoms with van der Waals surface area (Å²) in [6.45, 7) is 5.31. The molecule has 0 aliphatic rings. The fourth-order valence-electron chi connectivity index (χ4n) is 1.96. The van der Waals surface area contributed by atoms with Crippen LogP contribution in [0.5, 0.6) is 0 Å². The monoisotopic (exact) mass is 353 g/mol. The molecule has 1 radical (unpaired) electrons. The van der Waals surface area contributed by atoms with Crippen molar-refractivity contribution in [1.29, 1.82) is 0 Å². The number of unbranched alkanes of at least 4 members (excludes halogenated alkanes) is 5. The summed E-state index contributed by atoms with van der Waals surface area (Å²) in [6, 6.07) is 0. The van der Waals surface area contributed by atoms with E-state index in [1.807, 2.05) is 0 Å². The molecule has 0 fully saturated rings. The van der Waals surface area contributed by atoms with Gasteiger partial charge in [-0.25, -0.2) is 0 Å². The van der Waals surface area contributed by atoms with E-state index in [0.29, 0.717) is 6.42 Å². The number of hydrogen-bond donors (Lipinski definition) is 2. The molecular formula is C12H26NaO6S2. The van der Waals surface area contributed by atoms with Gasteiger partial charge in [0, 0.05) is 0 Å². The molecule has 6 nitrogen and oxygen atoms in total. The predicted molar refractivity (Wildman–Crippen MR) is 85.8 cm³/mol. The van der Waals surface area contributed by atoms with Gasteiger partial charge in [0.2, 0.25) is 0 Å². The van der Waals surface area contributed by atoms with Crippen molar-refractivity contribution in [2.75, 3.05) is 0 Å². The first-order valence-electron chi connectivity index (χ1n) is 6.84. The summed E-state index contributed by atoms with van der Waals surface area (Å²) in [4.78, 5) is 0. The third kappa shape index (κ3) is 12.0. The second kappa shape index (κ2) is 11.4. The number of hydrogen-bond acceptors (Lipinski definition) is 4. The summed E-state index contributed by atoms with van der Waals surface area (Å²) in [5.74, 6) is 0. The zero-order valence-electron chi connectivity index (χ0n) is 11.9. The van der Waals surface area contributed by atoms with Crippen LogP contribution < -0.4 is 0 Å².